The number of ether oxygens (including phenoxy) is 1. The summed E-state index contributed by atoms with van der Waals surface area (Å²) < 4.78 is 36.2. The van der Waals surface area contributed by atoms with Gasteiger partial charge in [-0.15, -0.1) is 0 Å². The van der Waals surface area contributed by atoms with Gasteiger partial charge in [-0.1, -0.05) is 0 Å². The van der Waals surface area contributed by atoms with Gasteiger partial charge >= 0.3 is 12.2 Å². The molecule has 0 spiro atoms. The molecule has 1 aliphatic heterocycles. The number of benzene rings is 1. The fraction of sp³-hybridized carbons (Fsp3) is 0.433. The van der Waals surface area contributed by atoms with Gasteiger partial charge in [-0.2, -0.15) is 5.10 Å². The Bertz CT molecular complexity index is 1850. The molecule has 1 atom stereocenters. The lowest BCUT2D eigenvalue weighted by Gasteiger charge is -2.27. The fourth-order valence-corrected chi connectivity index (χ4v) is 6.29. The predicted molar refractivity (Wildman–Crippen MR) is 165 cm³/mol. The molecule has 1 aromatic carbocycles. The van der Waals surface area contributed by atoms with Crippen molar-refractivity contribution in [2.45, 2.75) is 77.0 Å². The van der Waals surface area contributed by atoms with Gasteiger partial charge in [-0.05, 0) is 72.6 Å². The van der Waals surface area contributed by atoms with Crippen molar-refractivity contribution in [3.8, 4) is 22.4 Å². The smallest absolute Gasteiger partial charge is 0.424 e. The predicted octanol–water partition coefficient (Wildman–Crippen LogP) is 5.61. The van der Waals surface area contributed by atoms with E-state index in [1.165, 1.54) is 18.5 Å². The second-order valence-corrected chi connectivity index (χ2v) is 14.2. The molecule has 3 aromatic heterocycles. The number of aromatic nitrogens is 5. The van der Waals surface area contributed by atoms with Crippen molar-refractivity contribution >= 4 is 39.1 Å². The van der Waals surface area contributed by atoms with Crippen LogP contribution in [0.4, 0.5) is 15.3 Å². The maximum Gasteiger partial charge on any atom is 0.424 e. The topological polar surface area (TPSA) is 153 Å². The summed E-state index contributed by atoms with van der Waals surface area (Å²) in [4.78, 5) is 36.1. The molecule has 0 unspecified atom stereocenters. The lowest BCUT2D eigenvalue weighted by atomic mass is 10.1. The van der Waals surface area contributed by atoms with Gasteiger partial charge in [0.05, 0.1) is 23.0 Å². The summed E-state index contributed by atoms with van der Waals surface area (Å²) in [6.45, 7) is 11.8. The van der Waals surface area contributed by atoms with Crippen molar-refractivity contribution in [1.82, 2.24) is 28.6 Å². The van der Waals surface area contributed by atoms with E-state index in [0.29, 0.717) is 37.9 Å². The minimum atomic E-state index is -4.33. The maximum atomic E-state index is 13.8. The molecule has 0 radical (unpaired) electrons. The number of carbonyl (C=O) groups excluding carboxylic acids is 1. The Morgan fingerprint density at radius 3 is 2.43 bits per heavy atom. The van der Waals surface area contributed by atoms with Gasteiger partial charge in [-0.25, -0.2) is 36.8 Å². The standard InChI is InChI=1S/C30H37N7O6S/c1-18(2)37-16-21(14-32-37)24-17-36(28(38)39)27-26(24)33-25(15-31-27)20-11-22(35-10-8-9-19(35)3)13-23(12-20)44(41,42)34(7)29(40)43-30(4,5)6/h11-19H,8-10H2,1-7H3,(H,38,39)/t19-/m1/s1. The third-order valence-electron chi connectivity index (χ3n) is 7.52. The van der Waals surface area contributed by atoms with E-state index >= 15 is 0 Å². The summed E-state index contributed by atoms with van der Waals surface area (Å²) in [6, 6.07) is 5.11. The first-order valence-electron chi connectivity index (χ1n) is 14.4. The molecule has 1 aliphatic rings. The summed E-state index contributed by atoms with van der Waals surface area (Å²) in [6.07, 6.45) is 6.01. The zero-order chi connectivity index (χ0) is 32.1. The van der Waals surface area contributed by atoms with Crippen LogP contribution in [0, 0.1) is 0 Å². The summed E-state index contributed by atoms with van der Waals surface area (Å²) >= 11 is 0. The van der Waals surface area contributed by atoms with E-state index < -0.39 is 27.8 Å². The zero-order valence-electron chi connectivity index (χ0n) is 25.8. The van der Waals surface area contributed by atoms with Crippen molar-refractivity contribution in [3.05, 3.63) is 43.0 Å². The Kier molecular flexibility index (Phi) is 7.91. The molecule has 1 saturated heterocycles. The average Bonchev–Trinajstić information content (AvgIpc) is 3.69. The number of hydrogen-bond donors (Lipinski definition) is 1. The normalized spacial score (nSPS) is 15.7. The zero-order valence-corrected chi connectivity index (χ0v) is 26.7. The van der Waals surface area contributed by atoms with Crippen LogP contribution in [0.5, 0.6) is 0 Å². The molecule has 44 heavy (non-hydrogen) atoms. The highest BCUT2D eigenvalue weighted by Crippen LogP contribution is 2.35. The van der Waals surface area contributed by atoms with Crippen LogP contribution in [-0.2, 0) is 14.8 Å². The van der Waals surface area contributed by atoms with Crippen molar-refractivity contribution in [3.63, 3.8) is 0 Å². The monoisotopic (exact) mass is 623 g/mol. The molecule has 1 amide bonds. The summed E-state index contributed by atoms with van der Waals surface area (Å²) in [5.41, 5.74) is 2.19. The molecule has 234 valence electrons. The number of carbonyl (C=O) groups is 2. The number of sulfonamides is 1. The van der Waals surface area contributed by atoms with Gasteiger partial charge in [0.2, 0.25) is 0 Å². The van der Waals surface area contributed by atoms with Crippen LogP contribution in [0.15, 0.2) is 47.9 Å². The lowest BCUT2D eigenvalue weighted by molar-refractivity contribution is 0.0420. The van der Waals surface area contributed by atoms with Gasteiger partial charge in [-0.3, -0.25) is 4.68 Å². The van der Waals surface area contributed by atoms with Crippen molar-refractivity contribution in [1.29, 1.82) is 0 Å². The Labute approximate surface area is 256 Å². The Balaban J connectivity index is 1.67. The second kappa shape index (κ2) is 11.2. The minimum Gasteiger partial charge on any atom is -0.464 e. The second-order valence-electron chi connectivity index (χ2n) is 12.3. The molecular formula is C30H37N7O6S. The van der Waals surface area contributed by atoms with Gasteiger partial charge in [0.25, 0.3) is 10.0 Å². The highest BCUT2D eigenvalue weighted by atomic mass is 32.2. The number of carboxylic acid groups (broad SMARTS) is 1. The SMILES string of the molecule is CC(C)n1cc(-c2cn(C(=O)O)c3ncc(-c4cc(N5CCC[C@H]5C)cc(S(=O)(=O)N(C)C(=O)OC(C)(C)C)c4)nc23)cn1. The van der Waals surface area contributed by atoms with E-state index in [1.54, 1.807) is 37.7 Å². The number of rotatable bonds is 6. The summed E-state index contributed by atoms with van der Waals surface area (Å²) in [7, 11) is -3.16. The van der Waals surface area contributed by atoms with Crippen LogP contribution in [-0.4, -0.2) is 79.6 Å². The van der Waals surface area contributed by atoms with E-state index in [9.17, 15) is 23.1 Å². The van der Waals surface area contributed by atoms with E-state index in [4.69, 9.17) is 9.72 Å². The molecule has 1 fully saturated rings. The van der Waals surface area contributed by atoms with Gasteiger partial charge in [0.1, 0.15) is 11.1 Å². The van der Waals surface area contributed by atoms with Crippen LogP contribution in [0.1, 0.15) is 60.4 Å². The summed E-state index contributed by atoms with van der Waals surface area (Å²) in [5, 5.41) is 14.2. The van der Waals surface area contributed by atoms with Crippen molar-refractivity contribution < 1.29 is 27.9 Å². The molecule has 14 heteroatoms. The lowest BCUT2D eigenvalue weighted by Crippen LogP contribution is -2.38. The molecule has 0 bridgehead atoms. The molecule has 4 aromatic rings. The molecule has 0 aliphatic carbocycles. The Morgan fingerprint density at radius 2 is 1.84 bits per heavy atom. The number of anilines is 1. The van der Waals surface area contributed by atoms with Crippen molar-refractivity contribution in [2.24, 2.45) is 0 Å². The highest BCUT2D eigenvalue weighted by molar-refractivity contribution is 7.89. The Morgan fingerprint density at radius 1 is 1.11 bits per heavy atom. The first-order chi connectivity index (χ1) is 20.6. The van der Waals surface area contributed by atoms with E-state index in [1.807, 2.05) is 26.1 Å². The van der Waals surface area contributed by atoms with E-state index in [0.717, 1.165) is 31.0 Å². The molecular weight excluding hydrogens is 586 g/mol. The largest absolute Gasteiger partial charge is 0.464 e. The maximum absolute atomic E-state index is 13.8. The van der Waals surface area contributed by atoms with Gasteiger partial charge in [0, 0.05) is 60.4 Å². The molecule has 0 saturated carbocycles. The number of amides is 1. The van der Waals surface area contributed by atoms with Crippen LogP contribution in [0.3, 0.4) is 0 Å². The third-order valence-corrected chi connectivity index (χ3v) is 9.22. The molecule has 13 nitrogen and oxygen atoms in total. The number of hydrogen-bond acceptors (Lipinski definition) is 9. The van der Waals surface area contributed by atoms with Gasteiger partial charge in [0.15, 0.2) is 5.65 Å². The summed E-state index contributed by atoms with van der Waals surface area (Å²) in [5.74, 6) is 0. The van der Waals surface area contributed by atoms with E-state index in [2.05, 4.69) is 21.9 Å². The molecule has 5 rings (SSSR count). The fourth-order valence-electron chi connectivity index (χ4n) is 5.19. The number of nitrogens with zero attached hydrogens (tertiary/aromatic N) is 7. The minimum absolute atomic E-state index is 0.0909. The third kappa shape index (κ3) is 5.85. The first kappa shape index (κ1) is 31.0. The molecule has 1 N–H and O–H groups in total. The highest BCUT2D eigenvalue weighted by Gasteiger charge is 2.32. The number of fused-ring (bicyclic) bond motifs is 1. The van der Waals surface area contributed by atoms with Gasteiger partial charge < -0.3 is 14.7 Å². The van der Waals surface area contributed by atoms with Crippen LogP contribution < -0.4 is 4.90 Å². The Hall–Kier alpha value is -4.46. The van der Waals surface area contributed by atoms with Crippen LogP contribution in [0.25, 0.3) is 33.5 Å². The van der Waals surface area contributed by atoms with Crippen molar-refractivity contribution in [2.75, 3.05) is 18.5 Å². The molecule has 4 heterocycles. The first-order valence-corrected chi connectivity index (χ1v) is 15.8. The quantitative estimate of drug-likeness (QED) is 0.287. The van der Waals surface area contributed by atoms with Crippen LogP contribution in [0.2, 0.25) is 0 Å². The van der Waals surface area contributed by atoms with Crippen LogP contribution >= 0.6 is 0 Å². The average molecular weight is 624 g/mol. The van der Waals surface area contributed by atoms with E-state index in [-0.39, 0.29) is 22.6 Å².